The Hall–Kier alpha value is -1.38. The van der Waals surface area contributed by atoms with Crippen LogP contribution >= 0.6 is 0 Å². The molecule has 2 N–H and O–H groups in total. The molecule has 0 unspecified atom stereocenters. The predicted octanol–water partition coefficient (Wildman–Crippen LogP) is -0.529. The van der Waals surface area contributed by atoms with Crippen LogP contribution in [0.2, 0.25) is 0 Å². The standard InChI is InChI=1S/C18H27NO2.ClHO4/c1-17(2,3)15(20)10-14(11-16(21)18(4,5)6)13-8-7-9-19-12-13;2-1(3,4)5/h7-9,12,14H,10-11H2,1-6H3;(H,2,3,4,5)/p+1. The highest BCUT2D eigenvalue weighted by Crippen LogP contribution is 2.31. The Kier molecular flexibility index (Phi) is 9.02. The first-order valence-corrected chi connectivity index (χ1v) is 9.44. The summed E-state index contributed by atoms with van der Waals surface area (Å²) in [6, 6.07) is 3.89. The van der Waals surface area contributed by atoms with E-state index in [2.05, 4.69) is 4.98 Å². The fourth-order valence-corrected chi connectivity index (χ4v) is 2.03. The highest BCUT2D eigenvalue weighted by atomic mass is 35.7. The molecule has 0 atom stereocenters. The van der Waals surface area contributed by atoms with E-state index in [1.54, 1.807) is 0 Å². The minimum absolute atomic E-state index is 0.0547. The van der Waals surface area contributed by atoms with Crippen LogP contribution in [0, 0.1) is 21.1 Å². The Balaban J connectivity index is 0.00000110. The Labute approximate surface area is 156 Å². The van der Waals surface area contributed by atoms with Crippen molar-refractivity contribution in [3.8, 4) is 0 Å². The summed E-state index contributed by atoms with van der Waals surface area (Å²) in [7, 11) is -4.69. The lowest BCUT2D eigenvalue weighted by Gasteiger charge is -2.24. The number of pyridine rings is 1. The van der Waals surface area contributed by atoms with Gasteiger partial charge in [0.2, 0.25) is 0 Å². The molecule has 8 heteroatoms. The van der Waals surface area contributed by atoms with E-state index in [-0.39, 0.29) is 28.3 Å². The van der Waals surface area contributed by atoms with Gasteiger partial charge in [0.1, 0.15) is 11.6 Å². The van der Waals surface area contributed by atoms with Gasteiger partial charge in [-0.1, -0.05) is 41.5 Å². The Morgan fingerprint density at radius 1 is 1.04 bits per heavy atom. The molecular weight excluding hydrogens is 362 g/mol. The van der Waals surface area contributed by atoms with E-state index in [4.69, 9.17) is 18.6 Å². The fourth-order valence-electron chi connectivity index (χ4n) is 2.03. The first kappa shape index (κ1) is 24.6. The van der Waals surface area contributed by atoms with Crippen LogP contribution < -0.4 is 19.0 Å². The predicted molar refractivity (Wildman–Crippen MR) is 86.1 cm³/mol. The molecule has 0 saturated carbocycles. The molecule has 0 radical (unpaired) electrons. The quantitative estimate of drug-likeness (QED) is 0.717. The van der Waals surface area contributed by atoms with Crippen molar-refractivity contribution in [1.29, 1.82) is 0 Å². The highest BCUT2D eigenvalue weighted by molar-refractivity contribution is 5.87. The number of nitrogens with one attached hydrogen (secondary N) is 1. The van der Waals surface area contributed by atoms with Gasteiger partial charge < -0.3 is 0 Å². The third-order valence-electron chi connectivity index (χ3n) is 3.74. The summed E-state index contributed by atoms with van der Waals surface area (Å²) < 4.78 is 32.7. The molecule has 0 fully saturated rings. The Morgan fingerprint density at radius 3 is 1.69 bits per heavy atom. The maximum absolute atomic E-state index is 12.4. The van der Waals surface area contributed by atoms with Crippen molar-refractivity contribution >= 4 is 11.6 Å². The normalized spacial score (nSPS) is 12.4. The summed E-state index contributed by atoms with van der Waals surface area (Å²) in [4.78, 5) is 27.8. The molecule has 0 aliphatic carbocycles. The first-order valence-electron chi connectivity index (χ1n) is 8.17. The molecule has 0 aliphatic heterocycles. The number of aromatic nitrogens is 1. The second-order valence-electron chi connectivity index (χ2n) is 8.18. The van der Waals surface area contributed by atoms with E-state index < -0.39 is 10.2 Å². The van der Waals surface area contributed by atoms with E-state index in [0.29, 0.717) is 12.8 Å². The zero-order valence-corrected chi connectivity index (χ0v) is 16.9. The smallest absolute Gasteiger partial charge is 0.170 e. The maximum atomic E-state index is 12.4. The fraction of sp³-hybridized carbons (Fsp3) is 0.611. The number of ketones is 2. The van der Waals surface area contributed by atoms with Gasteiger partial charge in [-0.2, -0.15) is 14.0 Å². The lowest BCUT2D eigenvalue weighted by molar-refractivity contribution is -1.92. The average Bonchev–Trinajstić information content (AvgIpc) is 2.43. The summed E-state index contributed by atoms with van der Waals surface area (Å²) in [5.41, 5.74) is 0.274. The zero-order chi connectivity index (χ0) is 20.8. The van der Waals surface area contributed by atoms with Crippen LogP contribution in [0.3, 0.4) is 0 Å². The zero-order valence-electron chi connectivity index (χ0n) is 16.2. The van der Waals surface area contributed by atoms with Gasteiger partial charge >= 0.3 is 0 Å². The van der Waals surface area contributed by atoms with Crippen LogP contribution in [-0.2, 0) is 9.59 Å². The summed E-state index contributed by atoms with van der Waals surface area (Å²) in [5.74, 6) is 0.331. The summed E-state index contributed by atoms with van der Waals surface area (Å²) in [6.45, 7) is 11.6. The molecule has 1 rings (SSSR count). The topological polar surface area (TPSA) is 138 Å². The first-order chi connectivity index (χ1) is 11.5. The maximum Gasteiger partial charge on any atom is 0.170 e. The van der Waals surface area contributed by atoms with Gasteiger partial charge in [0.05, 0.1) is 14.9 Å². The molecule has 1 aromatic rings. The molecule has 1 aromatic heterocycles. The van der Waals surface area contributed by atoms with Crippen LogP contribution in [0.15, 0.2) is 24.5 Å². The number of aromatic amines is 1. The van der Waals surface area contributed by atoms with Gasteiger partial charge in [-0.05, 0) is 6.07 Å². The molecule has 148 valence electrons. The van der Waals surface area contributed by atoms with Crippen molar-refractivity contribution in [3.05, 3.63) is 30.1 Å². The molecule has 0 aromatic carbocycles. The third-order valence-corrected chi connectivity index (χ3v) is 3.74. The molecule has 0 amide bonds. The van der Waals surface area contributed by atoms with Crippen molar-refractivity contribution in [3.63, 3.8) is 0 Å². The van der Waals surface area contributed by atoms with Gasteiger partial charge in [0.15, 0.2) is 12.4 Å². The Morgan fingerprint density at radius 2 is 1.42 bits per heavy atom. The van der Waals surface area contributed by atoms with E-state index >= 15 is 0 Å². The number of H-pyrrole nitrogens is 1. The monoisotopic (exact) mass is 390 g/mol. The van der Waals surface area contributed by atoms with E-state index in [0.717, 1.165) is 5.56 Å². The lowest BCUT2D eigenvalue weighted by Crippen LogP contribution is -2.58. The van der Waals surface area contributed by atoms with Crippen LogP contribution in [0.1, 0.15) is 65.9 Å². The van der Waals surface area contributed by atoms with Crippen molar-refractivity contribution in [2.45, 2.75) is 60.3 Å². The number of Topliss-reactive ketones (excluding diaryl/α,β-unsaturated/α-hetero) is 2. The van der Waals surface area contributed by atoms with Crippen molar-refractivity contribution in [2.75, 3.05) is 0 Å². The molecule has 0 saturated heterocycles. The number of hydrogen-bond donors (Lipinski definition) is 1. The molecule has 0 spiro atoms. The number of halogens is 1. The number of rotatable bonds is 5. The van der Waals surface area contributed by atoms with Gasteiger partial charge in [-0.15, -0.1) is 0 Å². The van der Waals surface area contributed by atoms with Gasteiger partial charge in [0, 0.05) is 41.2 Å². The van der Waals surface area contributed by atoms with Crippen LogP contribution in [0.4, 0.5) is 0 Å². The number of hydrogen-bond acceptors (Lipinski definition) is 6. The number of carbonyl (C=O) groups excluding carboxylic acids is 2. The highest BCUT2D eigenvalue weighted by Gasteiger charge is 2.30. The van der Waals surface area contributed by atoms with E-state index in [1.807, 2.05) is 66.1 Å². The summed E-state index contributed by atoms with van der Waals surface area (Å²) in [6.07, 6.45) is 4.53. The van der Waals surface area contributed by atoms with Gasteiger partial charge in [-0.25, -0.2) is 4.98 Å². The number of carbonyl (C=O) groups is 2. The Bertz CT molecular complexity index is 550. The van der Waals surface area contributed by atoms with Crippen LogP contribution in [0.25, 0.3) is 0 Å². The third kappa shape index (κ3) is 11.3. The van der Waals surface area contributed by atoms with Crippen LogP contribution in [0.5, 0.6) is 0 Å². The second kappa shape index (κ2) is 9.53. The molecule has 0 bridgehead atoms. The van der Waals surface area contributed by atoms with Gasteiger partial charge in [-0.3, -0.25) is 9.59 Å². The SMILES string of the molecule is CC(C)(C)C(=O)CC(CC(=O)C(C)(C)C)c1ccc[nH+]c1.[O-][Cl+3]([O-])([O-])O. The molecule has 26 heavy (non-hydrogen) atoms. The summed E-state index contributed by atoms with van der Waals surface area (Å²) in [5, 5.41) is 0. The van der Waals surface area contributed by atoms with Crippen LogP contribution in [-0.4, -0.2) is 16.2 Å². The average molecular weight is 391 g/mol. The molecule has 7 nitrogen and oxygen atoms in total. The largest absolute Gasteiger partial charge is 0.299 e. The lowest BCUT2D eigenvalue weighted by atomic mass is 9.78. The van der Waals surface area contributed by atoms with Crippen molar-refractivity contribution < 1.29 is 43.5 Å². The minimum Gasteiger partial charge on any atom is -0.299 e. The molecule has 0 aliphatic rings. The molecular formula is C18H29ClNO6+. The second-order valence-corrected chi connectivity index (χ2v) is 8.98. The van der Waals surface area contributed by atoms with E-state index in [9.17, 15) is 9.59 Å². The minimum atomic E-state index is -4.69. The van der Waals surface area contributed by atoms with Crippen molar-refractivity contribution in [1.82, 2.24) is 0 Å². The van der Waals surface area contributed by atoms with Crippen molar-refractivity contribution in [2.24, 2.45) is 10.8 Å². The van der Waals surface area contributed by atoms with E-state index in [1.165, 1.54) is 0 Å². The molecule has 1 heterocycles. The summed E-state index contributed by atoms with van der Waals surface area (Å²) >= 11 is 0. The van der Waals surface area contributed by atoms with Gasteiger partial charge in [0.25, 0.3) is 0 Å².